The smallest absolute Gasteiger partial charge is 0.262 e. The Balaban J connectivity index is 2.09. The van der Waals surface area contributed by atoms with Gasteiger partial charge >= 0.3 is 0 Å². The van der Waals surface area contributed by atoms with E-state index < -0.39 is 17.9 Å². The SMILES string of the molecule is COc1ccc(/C=N\NC(=O)C(NC(=O)c2ccc(Cl)cc2Cl)C(C)C)c(OC)c1. The van der Waals surface area contributed by atoms with Crippen molar-refractivity contribution in [1.82, 2.24) is 10.7 Å². The van der Waals surface area contributed by atoms with E-state index in [9.17, 15) is 9.59 Å². The summed E-state index contributed by atoms with van der Waals surface area (Å²) in [5, 5.41) is 7.28. The zero-order chi connectivity index (χ0) is 22.3. The molecule has 0 aromatic heterocycles. The van der Waals surface area contributed by atoms with Gasteiger partial charge in [-0.3, -0.25) is 9.59 Å². The molecule has 9 heteroatoms. The molecule has 1 unspecified atom stereocenters. The second kappa shape index (κ2) is 10.8. The standard InChI is InChI=1S/C21H23Cl2N3O4/c1-12(2)19(25-20(27)16-8-6-14(22)9-17(16)23)21(28)26-24-11-13-5-7-15(29-3)10-18(13)30-4/h5-12,19H,1-4H3,(H,25,27)(H,26,28)/b24-11-. The predicted molar refractivity (Wildman–Crippen MR) is 118 cm³/mol. The molecule has 0 spiro atoms. The maximum Gasteiger partial charge on any atom is 0.262 e. The van der Waals surface area contributed by atoms with Crippen LogP contribution in [0.1, 0.15) is 29.8 Å². The van der Waals surface area contributed by atoms with Gasteiger partial charge in [0.15, 0.2) is 0 Å². The van der Waals surface area contributed by atoms with Crippen LogP contribution >= 0.6 is 23.2 Å². The first kappa shape index (κ1) is 23.5. The highest BCUT2D eigenvalue weighted by molar-refractivity contribution is 6.36. The van der Waals surface area contributed by atoms with Gasteiger partial charge in [0.05, 0.1) is 31.0 Å². The number of hydrazone groups is 1. The van der Waals surface area contributed by atoms with Crippen LogP contribution in [0.3, 0.4) is 0 Å². The number of nitrogens with one attached hydrogen (secondary N) is 2. The lowest BCUT2D eigenvalue weighted by molar-refractivity contribution is -0.123. The summed E-state index contributed by atoms with van der Waals surface area (Å²) >= 11 is 11.9. The molecule has 2 N–H and O–H groups in total. The van der Waals surface area contributed by atoms with Crippen LogP contribution in [0.25, 0.3) is 0 Å². The van der Waals surface area contributed by atoms with Crippen molar-refractivity contribution >= 4 is 41.2 Å². The van der Waals surface area contributed by atoms with Gasteiger partial charge in [-0.25, -0.2) is 5.43 Å². The molecule has 0 fully saturated rings. The summed E-state index contributed by atoms with van der Waals surface area (Å²) in [7, 11) is 3.08. The van der Waals surface area contributed by atoms with E-state index >= 15 is 0 Å². The topological polar surface area (TPSA) is 89.0 Å². The van der Waals surface area contributed by atoms with E-state index in [4.69, 9.17) is 32.7 Å². The van der Waals surface area contributed by atoms with E-state index in [1.165, 1.54) is 25.5 Å². The third kappa shape index (κ3) is 6.11. The van der Waals surface area contributed by atoms with Gasteiger partial charge in [0, 0.05) is 16.7 Å². The van der Waals surface area contributed by atoms with Crippen LogP contribution in [0.2, 0.25) is 10.0 Å². The Labute approximate surface area is 185 Å². The van der Waals surface area contributed by atoms with Gasteiger partial charge in [0.1, 0.15) is 17.5 Å². The molecule has 0 saturated heterocycles. The van der Waals surface area contributed by atoms with E-state index in [1.807, 2.05) is 13.8 Å². The lowest BCUT2D eigenvalue weighted by Gasteiger charge is -2.20. The molecule has 0 aliphatic rings. The van der Waals surface area contributed by atoms with E-state index in [2.05, 4.69) is 15.8 Å². The maximum atomic E-state index is 12.6. The van der Waals surface area contributed by atoms with Gasteiger partial charge < -0.3 is 14.8 Å². The Morgan fingerprint density at radius 2 is 1.80 bits per heavy atom. The van der Waals surface area contributed by atoms with Crippen molar-refractivity contribution in [3.05, 3.63) is 57.6 Å². The number of amides is 2. The summed E-state index contributed by atoms with van der Waals surface area (Å²) in [4.78, 5) is 25.1. The minimum absolute atomic E-state index is 0.189. The van der Waals surface area contributed by atoms with Crippen LogP contribution in [0.5, 0.6) is 11.5 Å². The van der Waals surface area contributed by atoms with Gasteiger partial charge in [0.25, 0.3) is 11.8 Å². The third-order valence-corrected chi connectivity index (χ3v) is 4.78. The molecular weight excluding hydrogens is 429 g/mol. The van der Waals surface area contributed by atoms with E-state index in [1.54, 1.807) is 31.4 Å². The molecule has 30 heavy (non-hydrogen) atoms. The molecule has 2 aromatic rings. The maximum absolute atomic E-state index is 12.6. The average Bonchev–Trinajstić information content (AvgIpc) is 2.71. The zero-order valence-corrected chi connectivity index (χ0v) is 18.5. The van der Waals surface area contributed by atoms with Crippen molar-refractivity contribution < 1.29 is 19.1 Å². The molecule has 2 rings (SSSR count). The summed E-state index contributed by atoms with van der Waals surface area (Å²) < 4.78 is 10.4. The number of nitrogens with zero attached hydrogens (tertiary/aromatic N) is 1. The minimum Gasteiger partial charge on any atom is -0.497 e. The van der Waals surface area contributed by atoms with Gasteiger partial charge in [-0.1, -0.05) is 37.0 Å². The highest BCUT2D eigenvalue weighted by Crippen LogP contribution is 2.23. The Morgan fingerprint density at radius 3 is 2.40 bits per heavy atom. The number of halogens is 2. The summed E-state index contributed by atoms with van der Waals surface area (Å²) in [5.74, 6) is 0.0409. The van der Waals surface area contributed by atoms with Crippen molar-refractivity contribution in [2.75, 3.05) is 14.2 Å². The van der Waals surface area contributed by atoms with Crippen LogP contribution in [0.4, 0.5) is 0 Å². The van der Waals surface area contributed by atoms with Crippen LogP contribution in [0, 0.1) is 5.92 Å². The number of hydrogen-bond donors (Lipinski definition) is 2. The number of rotatable bonds is 8. The van der Waals surface area contributed by atoms with Crippen LogP contribution in [-0.4, -0.2) is 38.3 Å². The second-order valence-electron chi connectivity index (χ2n) is 6.66. The van der Waals surface area contributed by atoms with Crippen molar-refractivity contribution in [2.24, 2.45) is 11.0 Å². The van der Waals surface area contributed by atoms with Gasteiger partial charge in [-0.15, -0.1) is 0 Å². The van der Waals surface area contributed by atoms with E-state index in [0.29, 0.717) is 22.1 Å². The molecule has 7 nitrogen and oxygen atoms in total. The van der Waals surface area contributed by atoms with Crippen LogP contribution in [0.15, 0.2) is 41.5 Å². The lowest BCUT2D eigenvalue weighted by atomic mass is 10.0. The monoisotopic (exact) mass is 451 g/mol. The molecule has 2 amide bonds. The number of methoxy groups -OCH3 is 2. The van der Waals surface area contributed by atoms with Crippen molar-refractivity contribution in [1.29, 1.82) is 0 Å². The van der Waals surface area contributed by atoms with E-state index in [-0.39, 0.29) is 16.5 Å². The molecule has 2 aromatic carbocycles. The number of ether oxygens (including phenoxy) is 2. The Morgan fingerprint density at radius 1 is 1.07 bits per heavy atom. The first-order valence-electron chi connectivity index (χ1n) is 9.07. The Hall–Kier alpha value is -2.77. The first-order valence-corrected chi connectivity index (χ1v) is 9.83. The van der Waals surface area contributed by atoms with Crippen molar-refractivity contribution in [3.8, 4) is 11.5 Å². The number of carbonyl (C=O) groups excluding carboxylic acids is 2. The van der Waals surface area contributed by atoms with Gasteiger partial charge in [-0.05, 0) is 36.2 Å². The van der Waals surface area contributed by atoms with Crippen LogP contribution in [-0.2, 0) is 4.79 Å². The highest BCUT2D eigenvalue weighted by atomic mass is 35.5. The molecule has 160 valence electrons. The fourth-order valence-corrected chi connectivity index (χ4v) is 3.08. The molecule has 0 heterocycles. The molecular formula is C21H23Cl2N3O4. The predicted octanol–water partition coefficient (Wildman–Crippen LogP) is 3.92. The molecule has 0 bridgehead atoms. The van der Waals surface area contributed by atoms with Crippen molar-refractivity contribution in [2.45, 2.75) is 19.9 Å². The van der Waals surface area contributed by atoms with E-state index in [0.717, 1.165) is 0 Å². The second-order valence-corrected chi connectivity index (χ2v) is 7.51. The third-order valence-electron chi connectivity index (χ3n) is 4.23. The normalized spacial score (nSPS) is 12.0. The van der Waals surface area contributed by atoms with Crippen LogP contribution < -0.4 is 20.2 Å². The minimum atomic E-state index is -0.820. The molecule has 0 saturated carbocycles. The average molecular weight is 452 g/mol. The Kier molecular flexibility index (Phi) is 8.50. The molecule has 0 aliphatic heterocycles. The highest BCUT2D eigenvalue weighted by Gasteiger charge is 2.25. The zero-order valence-electron chi connectivity index (χ0n) is 17.0. The number of benzene rings is 2. The summed E-state index contributed by atoms with van der Waals surface area (Å²) in [6, 6.07) is 8.91. The van der Waals surface area contributed by atoms with Gasteiger partial charge in [0.2, 0.25) is 0 Å². The van der Waals surface area contributed by atoms with Crippen molar-refractivity contribution in [3.63, 3.8) is 0 Å². The largest absolute Gasteiger partial charge is 0.497 e. The molecule has 0 radical (unpaired) electrons. The lowest BCUT2D eigenvalue weighted by Crippen LogP contribution is -2.48. The fraction of sp³-hybridized carbons (Fsp3) is 0.286. The molecule has 0 aliphatic carbocycles. The quantitative estimate of drug-likeness (QED) is 0.470. The summed E-state index contributed by atoms with van der Waals surface area (Å²) in [5.41, 5.74) is 3.33. The molecule has 1 atom stereocenters. The summed E-state index contributed by atoms with van der Waals surface area (Å²) in [6.07, 6.45) is 1.45. The number of hydrogen-bond acceptors (Lipinski definition) is 5. The first-order chi connectivity index (χ1) is 14.3. The summed E-state index contributed by atoms with van der Waals surface area (Å²) in [6.45, 7) is 3.62. The van der Waals surface area contributed by atoms with Gasteiger partial charge in [-0.2, -0.15) is 5.10 Å². The number of carbonyl (C=O) groups is 2. The fourth-order valence-electron chi connectivity index (χ4n) is 2.59. The Bertz CT molecular complexity index is 948.